The normalized spacial score (nSPS) is 15.2. The molecule has 1 aliphatic rings. The second kappa shape index (κ2) is 7.57. The van der Waals surface area contributed by atoms with E-state index in [1.165, 1.54) is 12.1 Å². The van der Waals surface area contributed by atoms with Crippen LogP contribution in [0.1, 0.15) is 0 Å². The lowest BCUT2D eigenvalue weighted by Crippen LogP contribution is -3.15. The van der Waals surface area contributed by atoms with Crippen molar-refractivity contribution in [1.29, 1.82) is 0 Å². The summed E-state index contributed by atoms with van der Waals surface area (Å²) in [6, 6.07) is 9.89. The summed E-state index contributed by atoms with van der Waals surface area (Å²) in [7, 11) is 0. The van der Waals surface area contributed by atoms with Crippen LogP contribution in [-0.2, 0) is 4.79 Å². The van der Waals surface area contributed by atoms with Crippen molar-refractivity contribution in [3.63, 3.8) is 0 Å². The molecule has 1 saturated heterocycles. The van der Waals surface area contributed by atoms with Gasteiger partial charge in [0.15, 0.2) is 18.2 Å². The SMILES string of the molecule is O=C(C[NH+]1CCN(c2ccccc2F)CC1)Nc1ccc(F)c(F)c1. The van der Waals surface area contributed by atoms with Crippen LogP contribution in [-0.4, -0.2) is 38.6 Å². The van der Waals surface area contributed by atoms with Gasteiger partial charge in [-0.2, -0.15) is 0 Å². The van der Waals surface area contributed by atoms with Crippen molar-refractivity contribution in [1.82, 2.24) is 0 Å². The number of quaternary nitrogens is 1. The Morgan fingerprint density at radius 1 is 1.00 bits per heavy atom. The fourth-order valence-corrected chi connectivity index (χ4v) is 2.95. The van der Waals surface area contributed by atoms with E-state index in [4.69, 9.17) is 0 Å². The third-order valence-electron chi connectivity index (χ3n) is 4.28. The molecule has 0 radical (unpaired) electrons. The molecule has 2 aromatic rings. The summed E-state index contributed by atoms with van der Waals surface area (Å²) < 4.78 is 39.9. The summed E-state index contributed by atoms with van der Waals surface area (Å²) in [6.07, 6.45) is 0. The van der Waals surface area contributed by atoms with Gasteiger partial charge in [0.2, 0.25) is 0 Å². The van der Waals surface area contributed by atoms with E-state index in [1.807, 2.05) is 4.90 Å². The van der Waals surface area contributed by atoms with E-state index in [9.17, 15) is 18.0 Å². The van der Waals surface area contributed by atoms with Crippen LogP contribution in [0.25, 0.3) is 0 Å². The number of benzene rings is 2. The number of amides is 1. The molecular weight excluding hydrogens is 331 g/mol. The van der Waals surface area contributed by atoms with Crippen LogP contribution < -0.4 is 15.1 Å². The number of piperazine rings is 1. The molecular formula is C18H19F3N3O+. The molecule has 0 aliphatic carbocycles. The van der Waals surface area contributed by atoms with Gasteiger partial charge in [-0.15, -0.1) is 0 Å². The van der Waals surface area contributed by atoms with Crippen LogP contribution in [0, 0.1) is 17.5 Å². The van der Waals surface area contributed by atoms with Crippen molar-refractivity contribution in [3.8, 4) is 0 Å². The highest BCUT2D eigenvalue weighted by Crippen LogP contribution is 2.18. The Kier molecular flexibility index (Phi) is 5.23. The minimum absolute atomic E-state index is 0.226. The number of carbonyl (C=O) groups excluding carboxylic acids is 1. The molecule has 0 atom stereocenters. The minimum atomic E-state index is -0.997. The van der Waals surface area contributed by atoms with Crippen molar-refractivity contribution >= 4 is 17.3 Å². The molecule has 1 fully saturated rings. The molecule has 2 N–H and O–H groups in total. The van der Waals surface area contributed by atoms with Gasteiger partial charge in [-0.1, -0.05) is 12.1 Å². The first-order valence-electron chi connectivity index (χ1n) is 8.11. The monoisotopic (exact) mass is 350 g/mol. The van der Waals surface area contributed by atoms with Crippen molar-refractivity contribution in [2.75, 3.05) is 42.9 Å². The number of anilines is 2. The van der Waals surface area contributed by atoms with Gasteiger partial charge in [0.25, 0.3) is 5.91 Å². The van der Waals surface area contributed by atoms with Crippen LogP contribution in [0.15, 0.2) is 42.5 Å². The first kappa shape index (κ1) is 17.3. The molecule has 0 unspecified atom stereocenters. The Bertz CT molecular complexity index is 761. The summed E-state index contributed by atoms with van der Waals surface area (Å²) in [5, 5.41) is 2.57. The van der Waals surface area contributed by atoms with E-state index in [0.717, 1.165) is 17.0 Å². The van der Waals surface area contributed by atoms with Crippen molar-refractivity contribution < 1.29 is 22.9 Å². The maximum atomic E-state index is 13.8. The van der Waals surface area contributed by atoms with Crippen LogP contribution >= 0.6 is 0 Å². The Balaban J connectivity index is 1.51. The minimum Gasteiger partial charge on any atom is -0.358 e. The Hall–Kier alpha value is -2.54. The number of hydrogen-bond acceptors (Lipinski definition) is 2. The van der Waals surface area contributed by atoms with E-state index in [0.29, 0.717) is 31.9 Å². The van der Waals surface area contributed by atoms with Crippen molar-refractivity contribution in [2.45, 2.75) is 0 Å². The zero-order valence-electron chi connectivity index (χ0n) is 13.6. The summed E-state index contributed by atoms with van der Waals surface area (Å²) in [5.41, 5.74) is 0.807. The van der Waals surface area contributed by atoms with E-state index in [1.54, 1.807) is 18.2 Å². The van der Waals surface area contributed by atoms with Crippen molar-refractivity contribution in [3.05, 3.63) is 59.9 Å². The predicted molar refractivity (Wildman–Crippen MR) is 89.2 cm³/mol. The van der Waals surface area contributed by atoms with Gasteiger partial charge in [-0.25, -0.2) is 13.2 Å². The van der Waals surface area contributed by atoms with Gasteiger partial charge < -0.3 is 15.1 Å². The number of para-hydroxylation sites is 1. The number of nitrogens with zero attached hydrogens (tertiary/aromatic N) is 1. The fraction of sp³-hybridized carbons (Fsp3) is 0.278. The lowest BCUT2D eigenvalue weighted by Gasteiger charge is -2.33. The average molecular weight is 350 g/mol. The summed E-state index contributed by atoms with van der Waals surface area (Å²) in [5.74, 6) is -2.46. The topological polar surface area (TPSA) is 36.8 Å². The Labute approximate surface area is 143 Å². The molecule has 2 aromatic carbocycles. The maximum absolute atomic E-state index is 13.8. The Morgan fingerprint density at radius 2 is 1.72 bits per heavy atom. The number of carbonyl (C=O) groups is 1. The molecule has 1 aliphatic heterocycles. The standard InChI is InChI=1S/C18H18F3N3O/c19-14-6-5-13(11-16(14)21)22-18(25)12-23-7-9-24(10-8-23)17-4-2-1-3-15(17)20/h1-6,11H,7-10,12H2,(H,22,25)/p+1. The molecule has 0 spiro atoms. The zero-order valence-corrected chi connectivity index (χ0v) is 13.6. The molecule has 0 aromatic heterocycles. The number of nitrogens with one attached hydrogen (secondary N) is 2. The first-order valence-corrected chi connectivity index (χ1v) is 8.11. The zero-order chi connectivity index (χ0) is 17.8. The van der Waals surface area contributed by atoms with Crippen LogP contribution in [0.5, 0.6) is 0 Å². The highest BCUT2D eigenvalue weighted by Gasteiger charge is 2.23. The molecule has 132 valence electrons. The van der Waals surface area contributed by atoms with Gasteiger partial charge in [0.05, 0.1) is 31.9 Å². The van der Waals surface area contributed by atoms with E-state index in [-0.39, 0.29) is 24.0 Å². The molecule has 1 amide bonds. The Morgan fingerprint density at radius 3 is 2.40 bits per heavy atom. The smallest absolute Gasteiger partial charge is 0.279 e. The molecule has 0 bridgehead atoms. The lowest BCUT2D eigenvalue weighted by atomic mass is 10.2. The van der Waals surface area contributed by atoms with Gasteiger partial charge in [-0.3, -0.25) is 4.79 Å². The van der Waals surface area contributed by atoms with E-state index in [2.05, 4.69) is 5.32 Å². The summed E-state index contributed by atoms with van der Waals surface area (Å²) >= 11 is 0. The lowest BCUT2D eigenvalue weighted by molar-refractivity contribution is -0.892. The third-order valence-corrected chi connectivity index (χ3v) is 4.28. The second-order valence-corrected chi connectivity index (χ2v) is 6.04. The molecule has 1 heterocycles. The third kappa shape index (κ3) is 4.30. The van der Waals surface area contributed by atoms with Crippen LogP contribution in [0.3, 0.4) is 0 Å². The summed E-state index contributed by atoms with van der Waals surface area (Å²) in [4.78, 5) is 15.1. The van der Waals surface area contributed by atoms with Crippen LogP contribution in [0.4, 0.5) is 24.5 Å². The van der Waals surface area contributed by atoms with E-state index >= 15 is 0 Å². The largest absolute Gasteiger partial charge is 0.358 e. The highest BCUT2D eigenvalue weighted by atomic mass is 19.2. The molecule has 7 heteroatoms. The molecule has 4 nitrogen and oxygen atoms in total. The highest BCUT2D eigenvalue weighted by molar-refractivity contribution is 5.91. The van der Waals surface area contributed by atoms with E-state index < -0.39 is 11.6 Å². The van der Waals surface area contributed by atoms with Gasteiger partial charge in [-0.05, 0) is 24.3 Å². The second-order valence-electron chi connectivity index (χ2n) is 6.04. The molecule has 0 saturated carbocycles. The average Bonchev–Trinajstić information content (AvgIpc) is 2.59. The van der Waals surface area contributed by atoms with Gasteiger partial charge >= 0.3 is 0 Å². The predicted octanol–water partition coefficient (Wildman–Crippen LogP) is 1.45. The number of rotatable bonds is 4. The molecule has 25 heavy (non-hydrogen) atoms. The summed E-state index contributed by atoms with van der Waals surface area (Å²) in [6.45, 7) is 2.91. The number of halogens is 3. The number of hydrogen-bond donors (Lipinski definition) is 2. The molecule has 3 rings (SSSR count). The van der Waals surface area contributed by atoms with Crippen molar-refractivity contribution in [2.24, 2.45) is 0 Å². The van der Waals surface area contributed by atoms with Gasteiger partial charge in [0.1, 0.15) is 5.82 Å². The maximum Gasteiger partial charge on any atom is 0.279 e. The fourth-order valence-electron chi connectivity index (χ4n) is 2.95. The first-order chi connectivity index (χ1) is 12.0. The quantitative estimate of drug-likeness (QED) is 0.876. The van der Waals surface area contributed by atoms with Gasteiger partial charge in [0, 0.05) is 11.8 Å². The van der Waals surface area contributed by atoms with Crippen LogP contribution in [0.2, 0.25) is 0 Å².